The monoisotopic (exact) mass is 460 g/mol. The molecule has 3 aromatic rings. The lowest BCUT2D eigenvalue weighted by atomic mass is 9.68. The molecule has 182 valence electrons. The van der Waals surface area contributed by atoms with Crippen molar-refractivity contribution in [3.63, 3.8) is 0 Å². The Balaban J connectivity index is 1.36. The van der Waals surface area contributed by atoms with Gasteiger partial charge in [-0.1, -0.05) is 93.1 Å². The Morgan fingerprint density at radius 1 is 0.941 bits per heavy atom. The number of unbranched alkanes of at least 4 members (excludes halogenated alkanes) is 1. The lowest BCUT2D eigenvalue weighted by Crippen LogP contribution is -2.38. The smallest absolute Gasteiger partial charge is 0.113 e. The molecule has 0 bridgehead atoms. The standard InChI is InChI=1S/C28H40N6/c1-3-4-15-27(2)16-11-12-23(19-27)20-33-22-26(30-31-33)28(17-9-6-10-18-28)34-21-25(29-32-34)24-13-7-5-8-14-24/h5,7-8,13-14,21-23H,3-4,6,9-12,15-20H2,1-2H3/t23-,27?/m1/s1. The fourth-order valence-electron chi connectivity index (χ4n) is 6.52. The number of hydrogen-bond donors (Lipinski definition) is 0. The predicted octanol–water partition coefficient (Wildman–Crippen LogP) is 6.63. The summed E-state index contributed by atoms with van der Waals surface area (Å²) in [6, 6.07) is 10.3. The molecular weight excluding hydrogens is 420 g/mol. The Labute approximate surface area is 204 Å². The van der Waals surface area contributed by atoms with Crippen molar-refractivity contribution >= 4 is 0 Å². The third kappa shape index (κ3) is 4.82. The van der Waals surface area contributed by atoms with Crippen LogP contribution in [0.3, 0.4) is 0 Å². The van der Waals surface area contributed by atoms with E-state index in [1.807, 2.05) is 6.07 Å². The number of aromatic nitrogens is 6. The second-order valence-electron chi connectivity index (χ2n) is 11.2. The van der Waals surface area contributed by atoms with Crippen LogP contribution in [0.15, 0.2) is 42.7 Å². The Morgan fingerprint density at radius 3 is 2.56 bits per heavy atom. The van der Waals surface area contributed by atoms with Gasteiger partial charge in [-0.05, 0) is 49.9 Å². The molecule has 34 heavy (non-hydrogen) atoms. The summed E-state index contributed by atoms with van der Waals surface area (Å²) in [5, 5.41) is 18.5. The summed E-state index contributed by atoms with van der Waals surface area (Å²) in [4.78, 5) is 0. The fraction of sp³-hybridized carbons (Fsp3) is 0.643. The molecule has 0 radical (unpaired) electrons. The van der Waals surface area contributed by atoms with Crippen LogP contribution in [0.4, 0.5) is 0 Å². The van der Waals surface area contributed by atoms with Crippen molar-refractivity contribution in [3.8, 4) is 11.3 Å². The molecule has 2 aliphatic rings. The second kappa shape index (κ2) is 10.0. The highest BCUT2D eigenvalue weighted by atomic mass is 15.5. The quantitative estimate of drug-likeness (QED) is 0.378. The van der Waals surface area contributed by atoms with Crippen molar-refractivity contribution in [2.75, 3.05) is 0 Å². The molecule has 2 heterocycles. The van der Waals surface area contributed by atoms with Gasteiger partial charge >= 0.3 is 0 Å². The third-order valence-corrected chi connectivity index (χ3v) is 8.45. The number of benzene rings is 1. The number of hydrogen-bond acceptors (Lipinski definition) is 4. The van der Waals surface area contributed by atoms with Crippen LogP contribution in [0.25, 0.3) is 11.3 Å². The van der Waals surface area contributed by atoms with Crippen molar-refractivity contribution in [2.24, 2.45) is 11.3 Å². The maximum atomic E-state index is 4.75. The maximum absolute atomic E-state index is 4.75. The van der Waals surface area contributed by atoms with Crippen LogP contribution in [0.2, 0.25) is 0 Å². The molecule has 6 heteroatoms. The third-order valence-electron chi connectivity index (χ3n) is 8.45. The lowest BCUT2D eigenvalue weighted by molar-refractivity contribution is 0.130. The molecule has 0 amide bonds. The predicted molar refractivity (Wildman–Crippen MR) is 135 cm³/mol. The van der Waals surface area contributed by atoms with Gasteiger partial charge in [0.15, 0.2) is 0 Å². The summed E-state index contributed by atoms with van der Waals surface area (Å²) >= 11 is 0. The van der Waals surface area contributed by atoms with E-state index in [1.165, 1.54) is 64.2 Å². The Bertz CT molecular complexity index is 1050. The van der Waals surface area contributed by atoms with Gasteiger partial charge in [0.2, 0.25) is 0 Å². The van der Waals surface area contributed by atoms with Crippen LogP contribution in [-0.4, -0.2) is 30.0 Å². The van der Waals surface area contributed by atoms with Crippen molar-refractivity contribution in [3.05, 3.63) is 48.4 Å². The SMILES string of the molecule is CCCCC1(C)CCC[C@@H](Cn2cc(C3(n4cc(-c5ccccc5)nn4)CCCCC3)nn2)C1. The molecule has 0 N–H and O–H groups in total. The minimum atomic E-state index is -0.237. The molecule has 2 saturated carbocycles. The van der Waals surface area contributed by atoms with Gasteiger partial charge in [0, 0.05) is 12.1 Å². The molecule has 0 saturated heterocycles. The van der Waals surface area contributed by atoms with Gasteiger partial charge in [0.1, 0.15) is 16.9 Å². The van der Waals surface area contributed by atoms with E-state index in [9.17, 15) is 0 Å². The molecule has 6 nitrogen and oxygen atoms in total. The van der Waals surface area contributed by atoms with Gasteiger partial charge in [-0.2, -0.15) is 0 Å². The Kier molecular flexibility index (Phi) is 6.84. The molecule has 2 aromatic heterocycles. The van der Waals surface area contributed by atoms with Crippen LogP contribution in [0.5, 0.6) is 0 Å². The zero-order valence-corrected chi connectivity index (χ0v) is 21.0. The van der Waals surface area contributed by atoms with E-state index in [0.717, 1.165) is 36.3 Å². The maximum Gasteiger partial charge on any atom is 0.113 e. The normalized spacial score (nSPS) is 24.8. The molecular formula is C28H40N6. The number of nitrogens with zero attached hydrogens (tertiary/aromatic N) is 6. The minimum absolute atomic E-state index is 0.237. The molecule has 5 rings (SSSR count). The largest absolute Gasteiger partial charge is 0.252 e. The Morgan fingerprint density at radius 2 is 1.76 bits per heavy atom. The highest BCUT2D eigenvalue weighted by Crippen LogP contribution is 2.44. The van der Waals surface area contributed by atoms with Gasteiger partial charge in [0.25, 0.3) is 0 Å². The van der Waals surface area contributed by atoms with E-state index in [0.29, 0.717) is 11.3 Å². The van der Waals surface area contributed by atoms with Crippen molar-refractivity contribution in [1.29, 1.82) is 0 Å². The minimum Gasteiger partial charge on any atom is -0.252 e. The van der Waals surface area contributed by atoms with Crippen LogP contribution >= 0.6 is 0 Å². The van der Waals surface area contributed by atoms with Gasteiger partial charge in [-0.25, -0.2) is 4.68 Å². The molecule has 2 aliphatic carbocycles. The summed E-state index contributed by atoms with van der Waals surface area (Å²) in [6.45, 7) is 5.80. The molecule has 0 spiro atoms. The van der Waals surface area contributed by atoms with Crippen LogP contribution in [0, 0.1) is 11.3 Å². The van der Waals surface area contributed by atoms with E-state index < -0.39 is 0 Å². The fourth-order valence-corrected chi connectivity index (χ4v) is 6.52. The number of rotatable bonds is 8. The van der Waals surface area contributed by atoms with E-state index in [4.69, 9.17) is 5.10 Å². The van der Waals surface area contributed by atoms with E-state index >= 15 is 0 Å². The first-order valence-corrected chi connectivity index (χ1v) is 13.5. The molecule has 2 atom stereocenters. The second-order valence-corrected chi connectivity index (χ2v) is 11.2. The van der Waals surface area contributed by atoms with Crippen molar-refractivity contribution in [2.45, 2.75) is 103 Å². The highest BCUT2D eigenvalue weighted by Gasteiger charge is 2.40. The molecule has 2 fully saturated rings. The van der Waals surface area contributed by atoms with E-state index in [-0.39, 0.29) is 5.54 Å². The van der Waals surface area contributed by atoms with Crippen molar-refractivity contribution < 1.29 is 0 Å². The zero-order chi connectivity index (χ0) is 23.4. The first-order valence-electron chi connectivity index (χ1n) is 13.5. The topological polar surface area (TPSA) is 61.4 Å². The summed E-state index contributed by atoms with van der Waals surface area (Å²) < 4.78 is 4.21. The zero-order valence-electron chi connectivity index (χ0n) is 21.0. The van der Waals surface area contributed by atoms with Gasteiger partial charge in [-0.3, -0.25) is 4.68 Å². The lowest BCUT2D eigenvalue weighted by Gasteiger charge is -2.38. The van der Waals surface area contributed by atoms with Crippen LogP contribution in [0.1, 0.15) is 96.6 Å². The summed E-state index contributed by atoms with van der Waals surface area (Å²) in [7, 11) is 0. The first-order chi connectivity index (χ1) is 16.6. The van der Waals surface area contributed by atoms with E-state index in [1.54, 1.807) is 0 Å². The summed E-state index contributed by atoms with van der Waals surface area (Å²) in [5.74, 6) is 0.698. The summed E-state index contributed by atoms with van der Waals surface area (Å²) in [5.41, 5.74) is 3.35. The molecule has 1 unspecified atom stereocenters. The summed E-state index contributed by atoms with van der Waals surface area (Å²) in [6.07, 6.45) is 19.4. The molecule has 0 aliphatic heterocycles. The van der Waals surface area contributed by atoms with Crippen molar-refractivity contribution in [1.82, 2.24) is 30.0 Å². The average molecular weight is 461 g/mol. The highest BCUT2D eigenvalue weighted by molar-refractivity contribution is 5.57. The van der Waals surface area contributed by atoms with Gasteiger partial charge in [-0.15, -0.1) is 10.2 Å². The Hall–Kier alpha value is -2.50. The first kappa shape index (κ1) is 23.3. The van der Waals surface area contributed by atoms with Crippen LogP contribution in [-0.2, 0) is 12.1 Å². The van der Waals surface area contributed by atoms with Gasteiger partial charge < -0.3 is 0 Å². The van der Waals surface area contributed by atoms with Gasteiger partial charge in [0.05, 0.1) is 12.4 Å². The van der Waals surface area contributed by atoms with Crippen LogP contribution < -0.4 is 0 Å². The molecule has 1 aromatic carbocycles. The van der Waals surface area contributed by atoms with E-state index in [2.05, 4.69) is 75.4 Å². The average Bonchev–Trinajstić information content (AvgIpc) is 3.55.